The topological polar surface area (TPSA) is 85.3 Å². The summed E-state index contributed by atoms with van der Waals surface area (Å²) >= 11 is 0. The minimum absolute atomic E-state index is 0.00736. The first-order valence-electron chi connectivity index (χ1n) is 11.6. The SMILES string of the molecule is COc1cccc(N2C(=O)C(=O)/C(=C(/O)c3cc(C)ccc3OC)C2c2ccc(OC(C)C)cc2)c1. The van der Waals surface area contributed by atoms with Crippen molar-refractivity contribution in [2.45, 2.75) is 32.9 Å². The first-order chi connectivity index (χ1) is 17.2. The Hall–Kier alpha value is -4.26. The number of benzene rings is 3. The number of amides is 1. The van der Waals surface area contributed by atoms with E-state index in [0.717, 1.165) is 5.56 Å². The van der Waals surface area contributed by atoms with Gasteiger partial charge in [-0.3, -0.25) is 14.5 Å². The second-order valence-electron chi connectivity index (χ2n) is 8.81. The molecule has 36 heavy (non-hydrogen) atoms. The molecule has 0 radical (unpaired) electrons. The first-order valence-corrected chi connectivity index (χ1v) is 11.6. The molecule has 3 aromatic rings. The number of hydrogen-bond donors (Lipinski definition) is 1. The number of carbonyl (C=O) groups is 2. The van der Waals surface area contributed by atoms with Crippen molar-refractivity contribution in [2.24, 2.45) is 0 Å². The van der Waals surface area contributed by atoms with Gasteiger partial charge < -0.3 is 19.3 Å². The molecule has 0 aromatic heterocycles. The van der Waals surface area contributed by atoms with Crippen molar-refractivity contribution in [3.05, 3.63) is 89.0 Å². The predicted molar refractivity (Wildman–Crippen MR) is 138 cm³/mol. The van der Waals surface area contributed by atoms with Crippen LogP contribution in [-0.2, 0) is 9.59 Å². The second-order valence-corrected chi connectivity index (χ2v) is 8.81. The second kappa shape index (κ2) is 10.2. The summed E-state index contributed by atoms with van der Waals surface area (Å²) in [5.41, 5.74) is 2.29. The Morgan fingerprint density at radius 1 is 0.917 bits per heavy atom. The number of aryl methyl sites for hydroxylation is 1. The normalized spacial score (nSPS) is 16.9. The third-order valence-corrected chi connectivity index (χ3v) is 5.95. The van der Waals surface area contributed by atoms with Crippen molar-refractivity contribution < 1.29 is 28.9 Å². The molecule has 3 aromatic carbocycles. The van der Waals surface area contributed by atoms with E-state index < -0.39 is 17.7 Å². The summed E-state index contributed by atoms with van der Waals surface area (Å²) in [4.78, 5) is 28.2. The molecule has 1 atom stereocenters. The van der Waals surface area contributed by atoms with Crippen LogP contribution in [-0.4, -0.2) is 37.1 Å². The van der Waals surface area contributed by atoms with Gasteiger partial charge in [0.1, 0.15) is 23.0 Å². The molecule has 4 rings (SSSR count). The van der Waals surface area contributed by atoms with Crippen LogP contribution in [0.3, 0.4) is 0 Å². The fourth-order valence-electron chi connectivity index (χ4n) is 4.33. The Morgan fingerprint density at radius 2 is 1.64 bits per heavy atom. The van der Waals surface area contributed by atoms with E-state index in [4.69, 9.17) is 14.2 Å². The number of anilines is 1. The molecule has 1 saturated heterocycles. The molecule has 1 aliphatic rings. The summed E-state index contributed by atoms with van der Waals surface area (Å²) in [5.74, 6) is -0.242. The maximum atomic E-state index is 13.4. The van der Waals surface area contributed by atoms with Gasteiger partial charge in [-0.1, -0.05) is 29.8 Å². The Kier molecular flexibility index (Phi) is 7.01. The average Bonchev–Trinajstić information content (AvgIpc) is 3.14. The van der Waals surface area contributed by atoms with Crippen LogP contribution in [0.4, 0.5) is 5.69 Å². The lowest BCUT2D eigenvalue weighted by molar-refractivity contribution is -0.132. The lowest BCUT2D eigenvalue weighted by Gasteiger charge is -2.26. The van der Waals surface area contributed by atoms with Gasteiger partial charge in [-0.05, 0) is 62.7 Å². The fraction of sp³-hybridized carbons (Fsp3) is 0.241. The third kappa shape index (κ3) is 4.64. The third-order valence-electron chi connectivity index (χ3n) is 5.95. The quantitative estimate of drug-likeness (QED) is 0.272. The van der Waals surface area contributed by atoms with Gasteiger partial charge in [0.05, 0.1) is 37.5 Å². The van der Waals surface area contributed by atoms with Crippen LogP contribution in [0.1, 0.15) is 36.6 Å². The largest absolute Gasteiger partial charge is 0.507 e. The summed E-state index contributed by atoms with van der Waals surface area (Å²) in [5, 5.41) is 11.5. The van der Waals surface area contributed by atoms with E-state index in [9.17, 15) is 14.7 Å². The molecule has 0 saturated carbocycles. The summed E-state index contributed by atoms with van der Waals surface area (Å²) in [6.45, 7) is 5.73. The van der Waals surface area contributed by atoms with Crippen molar-refractivity contribution in [3.63, 3.8) is 0 Å². The number of aliphatic hydroxyl groups excluding tert-OH is 1. The zero-order valence-corrected chi connectivity index (χ0v) is 20.9. The molecule has 1 unspecified atom stereocenters. The molecule has 186 valence electrons. The van der Waals surface area contributed by atoms with Crippen molar-refractivity contribution in [3.8, 4) is 17.2 Å². The summed E-state index contributed by atoms with van der Waals surface area (Å²) in [6.07, 6.45) is -0.00736. The number of rotatable bonds is 7. The number of ketones is 1. The van der Waals surface area contributed by atoms with E-state index in [0.29, 0.717) is 34.1 Å². The van der Waals surface area contributed by atoms with Gasteiger partial charge in [-0.15, -0.1) is 0 Å². The van der Waals surface area contributed by atoms with Gasteiger partial charge in [0.2, 0.25) is 0 Å². The number of methoxy groups -OCH3 is 2. The fourth-order valence-corrected chi connectivity index (χ4v) is 4.33. The van der Waals surface area contributed by atoms with Crippen LogP contribution in [0.25, 0.3) is 5.76 Å². The molecule has 0 aliphatic carbocycles. The molecule has 7 heteroatoms. The highest BCUT2D eigenvalue weighted by atomic mass is 16.5. The van der Waals surface area contributed by atoms with Crippen molar-refractivity contribution in [1.29, 1.82) is 0 Å². The number of carbonyl (C=O) groups excluding carboxylic acids is 2. The Labute approximate surface area is 210 Å². The van der Waals surface area contributed by atoms with E-state index in [1.54, 1.807) is 60.7 Å². The van der Waals surface area contributed by atoms with E-state index in [1.807, 2.05) is 26.8 Å². The summed E-state index contributed by atoms with van der Waals surface area (Å²) < 4.78 is 16.5. The highest BCUT2D eigenvalue weighted by Gasteiger charge is 2.47. The van der Waals surface area contributed by atoms with E-state index in [1.165, 1.54) is 19.1 Å². The monoisotopic (exact) mass is 487 g/mol. The van der Waals surface area contributed by atoms with Crippen molar-refractivity contribution >= 4 is 23.1 Å². The maximum Gasteiger partial charge on any atom is 0.300 e. The molecule has 1 aliphatic heterocycles. The highest BCUT2D eigenvalue weighted by Crippen LogP contribution is 2.44. The zero-order valence-electron chi connectivity index (χ0n) is 20.9. The molecule has 1 N–H and O–H groups in total. The predicted octanol–water partition coefficient (Wildman–Crippen LogP) is 5.43. The molecule has 1 amide bonds. The molecule has 1 heterocycles. The number of hydrogen-bond acceptors (Lipinski definition) is 6. The summed E-state index contributed by atoms with van der Waals surface area (Å²) in [7, 11) is 3.02. The molecule has 7 nitrogen and oxygen atoms in total. The molecular weight excluding hydrogens is 458 g/mol. The maximum absolute atomic E-state index is 13.4. The molecule has 0 bridgehead atoms. The van der Waals surface area contributed by atoms with Gasteiger partial charge in [0.15, 0.2) is 0 Å². The first kappa shape index (κ1) is 24.9. The van der Waals surface area contributed by atoms with Gasteiger partial charge in [-0.2, -0.15) is 0 Å². The minimum atomic E-state index is -0.879. The molecule has 0 spiro atoms. The van der Waals surface area contributed by atoms with Gasteiger partial charge in [0, 0.05) is 11.8 Å². The number of nitrogens with zero attached hydrogens (tertiary/aromatic N) is 1. The minimum Gasteiger partial charge on any atom is -0.507 e. The van der Waals surface area contributed by atoms with E-state index in [2.05, 4.69) is 0 Å². The van der Waals surface area contributed by atoms with Gasteiger partial charge >= 0.3 is 0 Å². The van der Waals surface area contributed by atoms with E-state index in [-0.39, 0.29) is 17.4 Å². The Morgan fingerprint density at radius 3 is 2.28 bits per heavy atom. The zero-order chi connectivity index (χ0) is 26.0. The van der Waals surface area contributed by atoms with Crippen LogP contribution in [0.2, 0.25) is 0 Å². The smallest absolute Gasteiger partial charge is 0.300 e. The van der Waals surface area contributed by atoms with Gasteiger partial charge in [-0.25, -0.2) is 0 Å². The molecule has 1 fully saturated rings. The number of aliphatic hydroxyl groups is 1. The number of Topliss-reactive ketones (excluding diaryl/α,β-unsaturated/α-hetero) is 1. The standard InChI is InChI=1S/C29H29NO6/c1-17(2)36-21-12-10-19(11-13-21)26-25(27(31)23-15-18(3)9-14-24(23)35-5)28(32)29(33)30(26)20-7-6-8-22(16-20)34-4/h6-17,26,31H,1-5H3/b27-25+. The summed E-state index contributed by atoms with van der Waals surface area (Å²) in [6, 6.07) is 18.5. The highest BCUT2D eigenvalue weighted by molar-refractivity contribution is 6.51. The van der Waals surface area contributed by atoms with Crippen molar-refractivity contribution in [2.75, 3.05) is 19.1 Å². The molecular formula is C29H29NO6. The van der Waals surface area contributed by atoms with Crippen LogP contribution in [0.15, 0.2) is 72.3 Å². The van der Waals surface area contributed by atoms with Gasteiger partial charge in [0.25, 0.3) is 11.7 Å². The lowest BCUT2D eigenvalue weighted by Crippen LogP contribution is -2.29. The van der Waals surface area contributed by atoms with Crippen molar-refractivity contribution in [1.82, 2.24) is 0 Å². The van der Waals surface area contributed by atoms with Crippen LogP contribution in [0, 0.1) is 6.92 Å². The van der Waals surface area contributed by atoms with Crippen LogP contribution in [0.5, 0.6) is 17.2 Å². The lowest BCUT2D eigenvalue weighted by atomic mass is 9.94. The Bertz CT molecular complexity index is 1330. The van der Waals surface area contributed by atoms with E-state index >= 15 is 0 Å². The average molecular weight is 488 g/mol. The van der Waals surface area contributed by atoms with Crippen LogP contribution < -0.4 is 19.1 Å². The van der Waals surface area contributed by atoms with Crippen LogP contribution >= 0.6 is 0 Å². The number of ether oxygens (including phenoxy) is 3. The Balaban J connectivity index is 1.94.